The van der Waals surface area contributed by atoms with Gasteiger partial charge in [-0.1, -0.05) is 0 Å². The average molecular weight is 522 g/mol. The Kier molecular flexibility index (Phi) is 8.61. The minimum absolute atomic E-state index is 0.110. The second-order valence-corrected chi connectivity index (χ2v) is 12.5. The Morgan fingerprint density at radius 3 is 2.58 bits per heavy atom. The molecule has 2 aromatic heterocycles. The number of aliphatic hydroxyl groups is 1. The van der Waals surface area contributed by atoms with Crippen LogP contribution in [0.2, 0.25) is 0 Å². The normalized spacial score (nSPS) is 19.0. The van der Waals surface area contributed by atoms with Gasteiger partial charge in [-0.3, -0.25) is 9.58 Å². The molecule has 12 heteroatoms. The fraction of sp³-hybridized carbons (Fsp3) is 0.708. The van der Waals surface area contributed by atoms with Gasteiger partial charge in [0.1, 0.15) is 0 Å². The zero-order valence-electron chi connectivity index (χ0n) is 21.6. The Bertz CT molecular complexity index is 1100. The first-order chi connectivity index (χ1) is 17.1. The van der Waals surface area contributed by atoms with Gasteiger partial charge < -0.3 is 15.2 Å². The van der Waals surface area contributed by atoms with Gasteiger partial charge in [0.05, 0.1) is 43.0 Å². The first-order valence-electron chi connectivity index (χ1n) is 12.7. The standard InChI is InChI=1S/C24H39N7O4S/c1-19-15-25-23(28-22(19)20-16-26-30(17-20)18-24(2,3)32)27-21-5-8-31(9-6-21)36(33,34)14-4-7-29-10-12-35-13-11-29/h15-17,21,32H,4-14,18H2,1-3H3,(H,25,27,28). The highest BCUT2D eigenvalue weighted by Gasteiger charge is 2.28. The molecule has 2 fully saturated rings. The summed E-state index contributed by atoms with van der Waals surface area (Å²) in [5, 5.41) is 17.8. The summed E-state index contributed by atoms with van der Waals surface area (Å²) in [5.74, 6) is 0.714. The highest BCUT2D eigenvalue weighted by Crippen LogP contribution is 2.23. The summed E-state index contributed by atoms with van der Waals surface area (Å²) in [5.41, 5.74) is 1.72. The number of morpholine rings is 1. The van der Waals surface area contributed by atoms with Crippen molar-refractivity contribution in [3.05, 3.63) is 24.2 Å². The van der Waals surface area contributed by atoms with Crippen LogP contribution in [0.25, 0.3) is 11.3 Å². The SMILES string of the molecule is Cc1cnc(NC2CCN(S(=O)(=O)CCCN3CCOCC3)CC2)nc1-c1cnn(CC(C)(C)O)c1. The van der Waals surface area contributed by atoms with E-state index < -0.39 is 15.6 Å². The maximum absolute atomic E-state index is 12.8. The molecule has 0 bridgehead atoms. The third kappa shape index (κ3) is 7.45. The number of aromatic nitrogens is 4. The van der Waals surface area contributed by atoms with E-state index >= 15 is 0 Å². The van der Waals surface area contributed by atoms with Gasteiger partial charge in [0.2, 0.25) is 16.0 Å². The quantitative estimate of drug-likeness (QED) is 0.476. The number of piperidine rings is 1. The smallest absolute Gasteiger partial charge is 0.223 e. The lowest BCUT2D eigenvalue weighted by molar-refractivity contribution is 0.0380. The van der Waals surface area contributed by atoms with E-state index in [9.17, 15) is 13.5 Å². The lowest BCUT2D eigenvalue weighted by Crippen LogP contribution is -2.44. The summed E-state index contributed by atoms with van der Waals surface area (Å²) >= 11 is 0. The predicted octanol–water partition coefficient (Wildman–Crippen LogP) is 1.35. The molecule has 4 heterocycles. The molecule has 0 amide bonds. The number of sulfonamides is 1. The monoisotopic (exact) mass is 521 g/mol. The largest absolute Gasteiger partial charge is 0.389 e. The molecule has 0 atom stereocenters. The second-order valence-electron chi connectivity index (χ2n) is 10.4. The number of anilines is 1. The van der Waals surface area contributed by atoms with Gasteiger partial charge >= 0.3 is 0 Å². The zero-order chi connectivity index (χ0) is 25.8. The Labute approximate surface area is 213 Å². The summed E-state index contributed by atoms with van der Waals surface area (Å²) in [6, 6.07) is 0.110. The summed E-state index contributed by atoms with van der Waals surface area (Å²) < 4.78 is 34.4. The van der Waals surface area contributed by atoms with Crippen LogP contribution in [0.15, 0.2) is 18.6 Å². The molecular weight excluding hydrogens is 482 g/mol. The molecule has 0 radical (unpaired) electrons. The summed E-state index contributed by atoms with van der Waals surface area (Å²) in [4.78, 5) is 11.4. The Balaban J connectivity index is 1.29. The van der Waals surface area contributed by atoms with E-state index in [1.54, 1.807) is 35.2 Å². The molecule has 4 rings (SSSR count). The predicted molar refractivity (Wildman–Crippen MR) is 138 cm³/mol. The minimum Gasteiger partial charge on any atom is -0.389 e. The molecule has 0 aromatic carbocycles. The molecule has 11 nitrogen and oxygen atoms in total. The molecule has 0 unspecified atom stereocenters. The van der Waals surface area contributed by atoms with Gasteiger partial charge in [-0.05, 0) is 52.1 Å². The number of nitrogens with one attached hydrogen (secondary N) is 1. The molecule has 2 saturated heterocycles. The van der Waals surface area contributed by atoms with Crippen LogP contribution in [0, 0.1) is 6.92 Å². The maximum atomic E-state index is 12.8. The average Bonchev–Trinajstić information content (AvgIpc) is 3.28. The molecule has 2 aliphatic heterocycles. The number of hydrogen-bond acceptors (Lipinski definition) is 9. The van der Waals surface area contributed by atoms with Crippen molar-refractivity contribution < 1.29 is 18.3 Å². The molecule has 0 spiro atoms. The summed E-state index contributed by atoms with van der Waals surface area (Å²) in [6.07, 6.45) is 7.46. The van der Waals surface area contributed by atoms with Gasteiger partial charge in [0, 0.05) is 50.2 Å². The topological polar surface area (TPSA) is 126 Å². The first kappa shape index (κ1) is 26.9. The van der Waals surface area contributed by atoms with Crippen molar-refractivity contribution in [2.24, 2.45) is 0 Å². The van der Waals surface area contributed by atoms with Crippen LogP contribution in [0.5, 0.6) is 0 Å². The molecule has 2 aliphatic rings. The van der Waals surface area contributed by atoms with Crippen molar-refractivity contribution in [3.8, 4) is 11.3 Å². The van der Waals surface area contributed by atoms with E-state index in [0.717, 1.165) is 49.7 Å². The summed E-state index contributed by atoms with van der Waals surface area (Å²) in [6.45, 7) is 10.8. The second kappa shape index (κ2) is 11.5. The van der Waals surface area contributed by atoms with Gasteiger partial charge in [0.15, 0.2) is 0 Å². The van der Waals surface area contributed by atoms with Crippen LogP contribution in [0.3, 0.4) is 0 Å². The summed E-state index contributed by atoms with van der Waals surface area (Å²) in [7, 11) is -3.25. The number of rotatable bonds is 10. The fourth-order valence-electron chi connectivity index (χ4n) is 4.66. The lowest BCUT2D eigenvalue weighted by atomic mass is 10.1. The van der Waals surface area contributed by atoms with E-state index in [4.69, 9.17) is 9.72 Å². The first-order valence-corrected chi connectivity index (χ1v) is 14.3. The van der Waals surface area contributed by atoms with Crippen LogP contribution in [0.1, 0.15) is 38.7 Å². The number of hydrogen-bond donors (Lipinski definition) is 2. The number of ether oxygens (including phenoxy) is 1. The Morgan fingerprint density at radius 1 is 1.17 bits per heavy atom. The number of aryl methyl sites for hydroxylation is 1. The minimum atomic E-state index is -3.25. The van der Waals surface area contributed by atoms with Gasteiger partial charge in [-0.15, -0.1) is 0 Å². The van der Waals surface area contributed by atoms with Crippen LogP contribution in [0.4, 0.5) is 5.95 Å². The van der Waals surface area contributed by atoms with Crippen molar-refractivity contribution in [1.82, 2.24) is 29.0 Å². The van der Waals surface area contributed by atoms with Gasteiger partial charge in [-0.2, -0.15) is 5.10 Å². The highest BCUT2D eigenvalue weighted by atomic mass is 32.2. The van der Waals surface area contributed by atoms with Crippen molar-refractivity contribution in [2.75, 3.05) is 57.0 Å². The third-order valence-corrected chi connectivity index (χ3v) is 8.54. The molecule has 200 valence electrons. The molecular formula is C24H39N7O4S. The van der Waals surface area contributed by atoms with Gasteiger partial charge in [-0.25, -0.2) is 22.7 Å². The molecule has 0 aliphatic carbocycles. The van der Waals surface area contributed by atoms with E-state index in [-0.39, 0.29) is 11.8 Å². The van der Waals surface area contributed by atoms with Crippen LogP contribution in [-0.2, 0) is 21.3 Å². The molecule has 36 heavy (non-hydrogen) atoms. The van der Waals surface area contributed by atoms with E-state index in [2.05, 4.69) is 20.3 Å². The third-order valence-electron chi connectivity index (χ3n) is 6.59. The Hall–Kier alpha value is -2.12. The molecule has 2 aromatic rings. The van der Waals surface area contributed by atoms with Crippen LogP contribution >= 0.6 is 0 Å². The lowest BCUT2D eigenvalue weighted by Gasteiger charge is -2.32. The van der Waals surface area contributed by atoms with Crippen LogP contribution in [-0.4, -0.2) is 106 Å². The zero-order valence-corrected chi connectivity index (χ0v) is 22.4. The van der Waals surface area contributed by atoms with Crippen molar-refractivity contribution in [2.45, 2.75) is 58.2 Å². The highest BCUT2D eigenvalue weighted by molar-refractivity contribution is 7.89. The van der Waals surface area contributed by atoms with Crippen molar-refractivity contribution >= 4 is 16.0 Å². The molecule has 2 N–H and O–H groups in total. The number of nitrogens with zero attached hydrogens (tertiary/aromatic N) is 6. The fourth-order valence-corrected chi connectivity index (χ4v) is 6.18. The maximum Gasteiger partial charge on any atom is 0.223 e. The van der Waals surface area contributed by atoms with E-state index in [1.165, 1.54) is 0 Å². The Morgan fingerprint density at radius 2 is 1.89 bits per heavy atom. The van der Waals surface area contributed by atoms with Crippen LogP contribution < -0.4 is 5.32 Å². The van der Waals surface area contributed by atoms with Gasteiger partial charge in [0.25, 0.3) is 0 Å². The van der Waals surface area contributed by atoms with Crippen molar-refractivity contribution in [1.29, 1.82) is 0 Å². The van der Waals surface area contributed by atoms with E-state index in [0.29, 0.717) is 44.8 Å². The van der Waals surface area contributed by atoms with Crippen molar-refractivity contribution in [3.63, 3.8) is 0 Å². The van der Waals surface area contributed by atoms with E-state index in [1.807, 2.05) is 13.1 Å². The molecule has 0 saturated carbocycles.